The zero-order valence-electron chi connectivity index (χ0n) is 19.2. The number of benzene rings is 2. The van der Waals surface area contributed by atoms with Crippen LogP contribution in [0.5, 0.6) is 11.5 Å². The van der Waals surface area contributed by atoms with Gasteiger partial charge in [0.2, 0.25) is 5.91 Å². The van der Waals surface area contributed by atoms with E-state index in [9.17, 15) is 4.79 Å². The van der Waals surface area contributed by atoms with Crippen LogP contribution in [0.3, 0.4) is 0 Å². The molecular formula is C26H30N4O3. The van der Waals surface area contributed by atoms with E-state index >= 15 is 0 Å². The van der Waals surface area contributed by atoms with Crippen molar-refractivity contribution in [2.75, 3.05) is 45.3 Å². The molecular weight excluding hydrogens is 416 g/mol. The number of nitrogens with zero attached hydrogens (tertiary/aromatic N) is 2. The van der Waals surface area contributed by atoms with E-state index in [1.807, 2.05) is 31.3 Å². The number of carbonyl (C=O) groups is 1. The molecule has 33 heavy (non-hydrogen) atoms. The van der Waals surface area contributed by atoms with Crippen LogP contribution in [0.4, 0.5) is 5.69 Å². The summed E-state index contributed by atoms with van der Waals surface area (Å²) >= 11 is 0. The molecule has 3 heterocycles. The van der Waals surface area contributed by atoms with Crippen molar-refractivity contribution < 1.29 is 14.3 Å². The predicted molar refractivity (Wildman–Crippen MR) is 130 cm³/mol. The van der Waals surface area contributed by atoms with Crippen LogP contribution < -0.4 is 25.0 Å². The van der Waals surface area contributed by atoms with Crippen molar-refractivity contribution in [3.05, 3.63) is 48.5 Å². The second kappa shape index (κ2) is 8.90. The van der Waals surface area contributed by atoms with Crippen molar-refractivity contribution in [1.82, 2.24) is 15.6 Å². The molecule has 7 heteroatoms. The molecule has 2 aliphatic rings. The number of likely N-dealkylation sites (N-methyl/N-ethyl adjacent to an activating group) is 1. The normalized spacial score (nSPS) is 19.9. The van der Waals surface area contributed by atoms with E-state index in [0.29, 0.717) is 13.0 Å². The van der Waals surface area contributed by atoms with E-state index < -0.39 is 0 Å². The van der Waals surface area contributed by atoms with Crippen molar-refractivity contribution >= 4 is 22.5 Å². The molecule has 7 nitrogen and oxygen atoms in total. The highest BCUT2D eigenvalue weighted by atomic mass is 16.5. The van der Waals surface area contributed by atoms with E-state index in [0.717, 1.165) is 71.8 Å². The molecule has 5 rings (SSSR count). The Morgan fingerprint density at radius 2 is 1.94 bits per heavy atom. The van der Waals surface area contributed by atoms with E-state index in [4.69, 9.17) is 14.5 Å². The summed E-state index contributed by atoms with van der Waals surface area (Å²) in [6.07, 6.45) is 2.49. The van der Waals surface area contributed by atoms with Crippen LogP contribution in [0.2, 0.25) is 0 Å². The number of ether oxygens (including phenoxy) is 2. The Balaban J connectivity index is 1.50. The lowest BCUT2D eigenvalue weighted by Gasteiger charge is -2.26. The maximum Gasteiger partial charge on any atom is 0.220 e. The Morgan fingerprint density at radius 1 is 1.12 bits per heavy atom. The minimum absolute atomic E-state index is 0.106. The number of hydrogen-bond donors (Lipinski definition) is 2. The molecule has 1 unspecified atom stereocenters. The fourth-order valence-electron chi connectivity index (χ4n) is 4.88. The molecule has 0 aliphatic carbocycles. The van der Waals surface area contributed by atoms with Crippen LogP contribution in [0.15, 0.2) is 48.5 Å². The first-order valence-electron chi connectivity index (χ1n) is 11.5. The van der Waals surface area contributed by atoms with Crippen LogP contribution in [0.1, 0.15) is 19.3 Å². The summed E-state index contributed by atoms with van der Waals surface area (Å²) in [5, 5.41) is 7.41. The average molecular weight is 447 g/mol. The maximum absolute atomic E-state index is 11.9. The van der Waals surface area contributed by atoms with Gasteiger partial charge in [-0.25, -0.2) is 4.98 Å². The van der Waals surface area contributed by atoms with Gasteiger partial charge in [0.25, 0.3) is 0 Å². The number of anilines is 1. The molecule has 1 amide bonds. The van der Waals surface area contributed by atoms with Gasteiger partial charge in [0, 0.05) is 48.8 Å². The minimum atomic E-state index is -0.106. The smallest absolute Gasteiger partial charge is 0.220 e. The predicted octanol–water partition coefficient (Wildman–Crippen LogP) is 3.37. The fraction of sp³-hybridized carbons (Fsp3) is 0.385. The molecule has 2 fully saturated rings. The van der Waals surface area contributed by atoms with Gasteiger partial charge in [-0.1, -0.05) is 0 Å². The largest absolute Gasteiger partial charge is 0.497 e. The molecule has 3 aromatic rings. The number of amides is 1. The van der Waals surface area contributed by atoms with E-state index in [-0.39, 0.29) is 11.4 Å². The molecule has 2 aliphatic heterocycles. The van der Waals surface area contributed by atoms with E-state index in [1.165, 1.54) is 0 Å². The number of aromatic nitrogens is 1. The van der Waals surface area contributed by atoms with Crippen LogP contribution >= 0.6 is 0 Å². The molecule has 2 aromatic carbocycles. The van der Waals surface area contributed by atoms with Gasteiger partial charge in [-0.15, -0.1) is 0 Å². The highest BCUT2D eigenvalue weighted by Crippen LogP contribution is 2.38. The van der Waals surface area contributed by atoms with E-state index in [2.05, 4.69) is 39.8 Å². The van der Waals surface area contributed by atoms with Crippen molar-refractivity contribution in [3.63, 3.8) is 0 Å². The lowest BCUT2D eigenvalue weighted by molar-refractivity contribution is -0.119. The number of nitrogens with one attached hydrogen (secondary N) is 2. The van der Waals surface area contributed by atoms with Gasteiger partial charge in [-0.05, 0) is 62.4 Å². The van der Waals surface area contributed by atoms with Gasteiger partial charge >= 0.3 is 0 Å². The first kappa shape index (κ1) is 21.5. The zero-order chi connectivity index (χ0) is 22.8. The van der Waals surface area contributed by atoms with Crippen LogP contribution in [-0.2, 0) is 4.79 Å². The quantitative estimate of drug-likeness (QED) is 0.542. The highest BCUT2D eigenvalue weighted by Gasteiger charge is 2.43. The summed E-state index contributed by atoms with van der Waals surface area (Å²) in [5.41, 5.74) is 3.87. The Bertz CT molecular complexity index is 1160. The third-order valence-electron chi connectivity index (χ3n) is 6.70. The Morgan fingerprint density at radius 3 is 2.67 bits per heavy atom. The minimum Gasteiger partial charge on any atom is -0.497 e. The number of hydrogen-bond acceptors (Lipinski definition) is 6. The fourth-order valence-corrected chi connectivity index (χ4v) is 4.88. The summed E-state index contributed by atoms with van der Waals surface area (Å²) in [5.74, 6) is 1.79. The van der Waals surface area contributed by atoms with Gasteiger partial charge in [0.1, 0.15) is 18.1 Å². The zero-order valence-corrected chi connectivity index (χ0v) is 19.2. The van der Waals surface area contributed by atoms with Crippen molar-refractivity contribution in [1.29, 1.82) is 0 Å². The number of rotatable bonds is 7. The molecule has 0 bridgehead atoms. The first-order valence-corrected chi connectivity index (χ1v) is 11.5. The van der Waals surface area contributed by atoms with Gasteiger partial charge in [-0.3, -0.25) is 4.79 Å². The second-order valence-corrected chi connectivity index (χ2v) is 8.89. The second-order valence-electron chi connectivity index (χ2n) is 8.89. The lowest BCUT2D eigenvalue weighted by atomic mass is 9.97. The number of fused-ring (bicyclic) bond motifs is 1. The third kappa shape index (κ3) is 4.33. The van der Waals surface area contributed by atoms with Gasteiger partial charge in [-0.2, -0.15) is 0 Å². The monoisotopic (exact) mass is 446 g/mol. The van der Waals surface area contributed by atoms with Crippen LogP contribution in [0.25, 0.3) is 22.2 Å². The molecule has 1 aromatic heterocycles. The average Bonchev–Trinajstić information content (AvgIpc) is 3.43. The van der Waals surface area contributed by atoms with Crippen molar-refractivity contribution in [2.45, 2.75) is 24.8 Å². The molecule has 0 radical (unpaired) electrons. The number of pyridine rings is 1. The number of methoxy groups -OCH3 is 1. The Kier molecular flexibility index (Phi) is 5.81. The summed E-state index contributed by atoms with van der Waals surface area (Å²) in [7, 11) is 3.58. The molecule has 1 spiro atoms. The topological polar surface area (TPSA) is 75.7 Å². The summed E-state index contributed by atoms with van der Waals surface area (Å²) in [4.78, 5) is 19.3. The van der Waals surface area contributed by atoms with Crippen molar-refractivity contribution in [2.24, 2.45) is 0 Å². The van der Waals surface area contributed by atoms with E-state index in [1.54, 1.807) is 7.11 Å². The molecule has 1 atom stereocenters. The molecule has 2 saturated heterocycles. The summed E-state index contributed by atoms with van der Waals surface area (Å²) in [6.45, 7) is 3.16. The summed E-state index contributed by atoms with van der Waals surface area (Å²) < 4.78 is 11.2. The first-order chi connectivity index (χ1) is 16.1. The number of carbonyl (C=O) groups excluding carboxylic acids is 1. The standard InChI is InChI=1S/C26H30N4O3/c1-27-12-14-33-19-5-3-18(4-6-19)22-16-24(21-8-7-20(32-2)15-23(21)28-22)30-13-11-26(17-30)10-9-25(31)29-26/h3-8,15-16,27H,9-14,17H2,1-2H3,(H,29,31). The van der Waals surface area contributed by atoms with Crippen LogP contribution in [-0.4, -0.2) is 56.8 Å². The van der Waals surface area contributed by atoms with Gasteiger partial charge in [0.05, 0.1) is 23.9 Å². The molecule has 2 N–H and O–H groups in total. The highest BCUT2D eigenvalue weighted by molar-refractivity contribution is 5.95. The molecule has 0 saturated carbocycles. The van der Waals surface area contributed by atoms with Crippen LogP contribution in [0, 0.1) is 0 Å². The maximum atomic E-state index is 11.9. The Hall–Kier alpha value is -3.32. The summed E-state index contributed by atoms with van der Waals surface area (Å²) in [6, 6.07) is 16.3. The SMILES string of the molecule is CNCCOc1ccc(-c2cc(N3CCC4(CCC(=O)N4)C3)c3ccc(OC)cc3n2)cc1. The Labute approximate surface area is 194 Å². The van der Waals surface area contributed by atoms with Gasteiger partial charge in [0.15, 0.2) is 0 Å². The van der Waals surface area contributed by atoms with Crippen molar-refractivity contribution in [3.8, 4) is 22.8 Å². The molecule has 172 valence electrons. The lowest BCUT2D eigenvalue weighted by Crippen LogP contribution is -2.44. The third-order valence-corrected chi connectivity index (χ3v) is 6.70. The van der Waals surface area contributed by atoms with Gasteiger partial charge < -0.3 is 25.0 Å².